The van der Waals surface area contributed by atoms with E-state index >= 15 is 0 Å². The summed E-state index contributed by atoms with van der Waals surface area (Å²) in [7, 11) is 0. The molecule has 5 nitrogen and oxygen atoms in total. The number of benzene rings is 1. The average Bonchev–Trinajstić information content (AvgIpc) is 3.25. The molecule has 0 bridgehead atoms. The molecule has 0 radical (unpaired) electrons. The summed E-state index contributed by atoms with van der Waals surface area (Å²) in [4.78, 5) is 25.5. The highest BCUT2D eigenvalue weighted by atomic mass is 35.5. The number of carbonyl (C=O) groups is 2. The summed E-state index contributed by atoms with van der Waals surface area (Å²) in [6.07, 6.45) is 4.43. The molecule has 3 rings (SSSR count). The highest BCUT2D eigenvalue weighted by molar-refractivity contribution is 5.85. The first-order chi connectivity index (χ1) is 11.7. The van der Waals surface area contributed by atoms with Gasteiger partial charge in [-0.1, -0.05) is 24.3 Å². The van der Waals surface area contributed by atoms with Gasteiger partial charge in [0.1, 0.15) is 0 Å². The number of carbonyl (C=O) groups excluding carboxylic acids is 2. The lowest BCUT2D eigenvalue weighted by molar-refractivity contribution is -0.128. The summed E-state index contributed by atoms with van der Waals surface area (Å²) >= 11 is 0. The van der Waals surface area contributed by atoms with E-state index in [1.165, 1.54) is 6.42 Å². The summed E-state index contributed by atoms with van der Waals surface area (Å²) in [5.74, 6) is 1.04. The van der Waals surface area contributed by atoms with Crippen molar-refractivity contribution in [3.63, 3.8) is 0 Å². The maximum Gasteiger partial charge on any atom is 0.222 e. The van der Waals surface area contributed by atoms with Gasteiger partial charge in [-0.05, 0) is 49.4 Å². The van der Waals surface area contributed by atoms with E-state index in [1.807, 2.05) is 17.0 Å². The van der Waals surface area contributed by atoms with E-state index in [-0.39, 0.29) is 24.2 Å². The van der Waals surface area contributed by atoms with Crippen LogP contribution in [0.15, 0.2) is 24.3 Å². The molecule has 6 heteroatoms. The maximum absolute atomic E-state index is 11.9. The summed E-state index contributed by atoms with van der Waals surface area (Å²) in [5, 5.41) is 6.33. The van der Waals surface area contributed by atoms with E-state index in [9.17, 15) is 9.59 Å². The highest BCUT2D eigenvalue weighted by Gasteiger charge is 2.19. The second-order valence-corrected chi connectivity index (χ2v) is 6.91. The summed E-state index contributed by atoms with van der Waals surface area (Å²) in [6.45, 7) is 4.27. The molecule has 25 heavy (non-hydrogen) atoms. The number of amides is 2. The standard InChI is InChI=1S/C19H27N3O2.ClH/c23-18(8-7-16-9-10-20-12-16)21-13-15-3-5-17(6-4-15)14-22-11-1-2-19(22)24;/h3-6,16,20H,1-2,7-14H2,(H,21,23);1H. The highest BCUT2D eigenvalue weighted by Crippen LogP contribution is 2.15. The Balaban J connectivity index is 0.00000225. The van der Waals surface area contributed by atoms with E-state index in [1.54, 1.807) is 0 Å². The van der Waals surface area contributed by atoms with Gasteiger partial charge in [0.2, 0.25) is 11.8 Å². The number of rotatable bonds is 7. The Hall–Kier alpha value is -1.59. The van der Waals surface area contributed by atoms with Gasteiger partial charge in [0.05, 0.1) is 0 Å². The molecule has 2 N–H and O–H groups in total. The zero-order chi connectivity index (χ0) is 16.8. The number of likely N-dealkylation sites (tertiary alicyclic amines) is 1. The van der Waals surface area contributed by atoms with Crippen LogP contribution in [0.25, 0.3) is 0 Å². The maximum atomic E-state index is 11.9. The normalized spacial score (nSPS) is 19.8. The Morgan fingerprint density at radius 2 is 2.00 bits per heavy atom. The minimum absolute atomic E-state index is 0. The molecule has 1 aromatic rings. The van der Waals surface area contributed by atoms with Crippen LogP contribution in [-0.4, -0.2) is 36.3 Å². The smallest absolute Gasteiger partial charge is 0.222 e. The minimum atomic E-state index is 0. The Kier molecular flexibility index (Phi) is 7.72. The molecule has 0 aliphatic carbocycles. The number of nitrogens with zero attached hydrogens (tertiary/aromatic N) is 1. The molecule has 1 unspecified atom stereocenters. The lowest BCUT2D eigenvalue weighted by atomic mass is 10.0. The van der Waals surface area contributed by atoms with Crippen LogP contribution in [-0.2, 0) is 22.7 Å². The molecule has 0 saturated carbocycles. The van der Waals surface area contributed by atoms with Crippen LogP contribution in [0.2, 0.25) is 0 Å². The molecule has 2 heterocycles. The van der Waals surface area contributed by atoms with E-state index in [4.69, 9.17) is 0 Å². The molecular weight excluding hydrogens is 338 g/mol. The van der Waals surface area contributed by atoms with Gasteiger partial charge in [0.25, 0.3) is 0 Å². The average molecular weight is 366 g/mol. The van der Waals surface area contributed by atoms with Gasteiger partial charge in [-0.2, -0.15) is 0 Å². The number of hydrogen-bond donors (Lipinski definition) is 2. The predicted molar refractivity (Wildman–Crippen MR) is 100 cm³/mol. The molecule has 2 amide bonds. The first-order valence-corrected chi connectivity index (χ1v) is 9.04. The molecule has 138 valence electrons. The molecule has 2 aliphatic heterocycles. The van der Waals surface area contributed by atoms with Crippen LogP contribution >= 0.6 is 12.4 Å². The van der Waals surface area contributed by atoms with Crippen molar-refractivity contribution in [3.8, 4) is 0 Å². The van der Waals surface area contributed by atoms with Crippen molar-refractivity contribution in [2.24, 2.45) is 5.92 Å². The van der Waals surface area contributed by atoms with Gasteiger partial charge in [-0.25, -0.2) is 0 Å². The van der Waals surface area contributed by atoms with E-state index < -0.39 is 0 Å². The molecule has 2 saturated heterocycles. The molecule has 0 aromatic heterocycles. The van der Waals surface area contributed by atoms with E-state index in [0.717, 1.165) is 43.6 Å². The first-order valence-electron chi connectivity index (χ1n) is 9.04. The van der Waals surface area contributed by atoms with Gasteiger partial charge in [0, 0.05) is 32.5 Å². The second-order valence-electron chi connectivity index (χ2n) is 6.91. The van der Waals surface area contributed by atoms with Crippen molar-refractivity contribution in [2.45, 2.75) is 45.2 Å². The van der Waals surface area contributed by atoms with Crippen LogP contribution in [0, 0.1) is 5.92 Å². The Labute approximate surface area is 155 Å². The zero-order valence-electron chi connectivity index (χ0n) is 14.6. The topological polar surface area (TPSA) is 61.4 Å². The third-order valence-electron chi connectivity index (χ3n) is 5.00. The zero-order valence-corrected chi connectivity index (χ0v) is 15.4. The van der Waals surface area contributed by atoms with Gasteiger partial charge in [-0.15, -0.1) is 12.4 Å². The lowest BCUT2D eigenvalue weighted by Gasteiger charge is -2.15. The number of nitrogens with one attached hydrogen (secondary N) is 2. The van der Waals surface area contributed by atoms with Crippen molar-refractivity contribution in [1.29, 1.82) is 0 Å². The van der Waals surface area contributed by atoms with Crippen molar-refractivity contribution in [1.82, 2.24) is 15.5 Å². The Morgan fingerprint density at radius 3 is 2.64 bits per heavy atom. The number of halogens is 1. The molecule has 2 aliphatic rings. The minimum Gasteiger partial charge on any atom is -0.352 e. The van der Waals surface area contributed by atoms with Crippen LogP contribution in [0.5, 0.6) is 0 Å². The van der Waals surface area contributed by atoms with Crippen molar-refractivity contribution < 1.29 is 9.59 Å². The summed E-state index contributed by atoms with van der Waals surface area (Å²) in [5.41, 5.74) is 2.25. The van der Waals surface area contributed by atoms with E-state index in [0.29, 0.717) is 31.8 Å². The van der Waals surface area contributed by atoms with Crippen LogP contribution in [0.1, 0.15) is 43.2 Å². The first kappa shape index (κ1) is 19.7. The van der Waals surface area contributed by atoms with Crippen molar-refractivity contribution >= 4 is 24.2 Å². The molecule has 1 atom stereocenters. The van der Waals surface area contributed by atoms with Gasteiger partial charge >= 0.3 is 0 Å². The third kappa shape index (κ3) is 6.01. The largest absolute Gasteiger partial charge is 0.352 e. The van der Waals surface area contributed by atoms with Crippen LogP contribution in [0.4, 0.5) is 0 Å². The van der Waals surface area contributed by atoms with E-state index in [2.05, 4.69) is 22.8 Å². The fourth-order valence-corrected chi connectivity index (χ4v) is 3.44. The molecule has 2 fully saturated rings. The lowest BCUT2D eigenvalue weighted by Crippen LogP contribution is -2.24. The van der Waals surface area contributed by atoms with Crippen molar-refractivity contribution in [3.05, 3.63) is 35.4 Å². The van der Waals surface area contributed by atoms with Crippen molar-refractivity contribution in [2.75, 3.05) is 19.6 Å². The molecule has 0 spiro atoms. The van der Waals surface area contributed by atoms with Gasteiger partial charge in [0.15, 0.2) is 0 Å². The Morgan fingerprint density at radius 1 is 1.24 bits per heavy atom. The SMILES string of the molecule is Cl.O=C(CCC1CCNC1)NCc1ccc(CN2CCCC2=O)cc1. The quantitative estimate of drug-likeness (QED) is 0.779. The number of hydrogen-bond acceptors (Lipinski definition) is 3. The Bertz CT molecular complexity index is 571. The van der Waals surface area contributed by atoms with Crippen LogP contribution in [0.3, 0.4) is 0 Å². The second kappa shape index (κ2) is 9.78. The fourth-order valence-electron chi connectivity index (χ4n) is 3.44. The van der Waals surface area contributed by atoms with Gasteiger partial charge in [-0.3, -0.25) is 9.59 Å². The monoisotopic (exact) mass is 365 g/mol. The summed E-state index contributed by atoms with van der Waals surface area (Å²) < 4.78 is 0. The third-order valence-corrected chi connectivity index (χ3v) is 5.00. The predicted octanol–water partition coefficient (Wildman–Crippen LogP) is 2.24. The molecule has 1 aromatic carbocycles. The fraction of sp³-hybridized carbons (Fsp3) is 0.579. The summed E-state index contributed by atoms with van der Waals surface area (Å²) in [6, 6.07) is 8.18. The van der Waals surface area contributed by atoms with Crippen LogP contribution < -0.4 is 10.6 Å². The molecular formula is C19H28ClN3O2. The van der Waals surface area contributed by atoms with Gasteiger partial charge < -0.3 is 15.5 Å².